The summed E-state index contributed by atoms with van der Waals surface area (Å²) >= 11 is 0. The summed E-state index contributed by atoms with van der Waals surface area (Å²) in [4.78, 5) is 0. The van der Waals surface area contributed by atoms with E-state index in [-0.39, 0.29) is 6.10 Å². The maximum Gasteiger partial charge on any atom is 0.101 e. The van der Waals surface area contributed by atoms with Gasteiger partial charge in [-0.15, -0.1) is 0 Å². The van der Waals surface area contributed by atoms with Crippen LogP contribution in [0.5, 0.6) is 0 Å². The number of benzene rings is 1. The third-order valence-corrected chi connectivity index (χ3v) is 4.89. The number of rotatable bonds is 8. The highest BCUT2D eigenvalue weighted by Crippen LogP contribution is 2.35. The van der Waals surface area contributed by atoms with Crippen LogP contribution in [0.25, 0.3) is 0 Å². The van der Waals surface area contributed by atoms with Crippen molar-refractivity contribution in [3.63, 3.8) is 0 Å². The molecule has 0 aliphatic heterocycles. The lowest BCUT2D eigenvalue weighted by Gasteiger charge is -2.37. The van der Waals surface area contributed by atoms with E-state index in [0.717, 1.165) is 17.9 Å². The zero-order valence-electron chi connectivity index (χ0n) is 14.8. The quantitative estimate of drug-likeness (QED) is 0.785. The summed E-state index contributed by atoms with van der Waals surface area (Å²) in [6.07, 6.45) is 3.38. The highest BCUT2D eigenvalue weighted by Gasteiger charge is 2.31. The second-order valence-corrected chi connectivity index (χ2v) is 7.35. The minimum Gasteiger partial charge on any atom is -0.388 e. The van der Waals surface area contributed by atoms with Crippen LogP contribution in [0.2, 0.25) is 0 Å². The molecule has 130 valence electrons. The topological polar surface area (TPSA) is 38.7 Å². The summed E-state index contributed by atoms with van der Waals surface area (Å²) in [6, 6.07) is 10.0. The summed E-state index contributed by atoms with van der Waals surface area (Å²) < 4.78 is 11.6. The Morgan fingerprint density at radius 2 is 1.87 bits per heavy atom. The van der Waals surface area contributed by atoms with Gasteiger partial charge >= 0.3 is 0 Å². The maximum atomic E-state index is 10.1. The smallest absolute Gasteiger partial charge is 0.101 e. The van der Waals surface area contributed by atoms with E-state index >= 15 is 0 Å². The monoisotopic (exact) mass is 320 g/mol. The van der Waals surface area contributed by atoms with E-state index < -0.39 is 6.10 Å². The lowest BCUT2D eigenvalue weighted by atomic mass is 9.75. The maximum absolute atomic E-state index is 10.1. The number of aliphatic hydroxyl groups is 1. The third-order valence-electron chi connectivity index (χ3n) is 4.89. The van der Waals surface area contributed by atoms with Gasteiger partial charge in [-0.2, -0.15) is 0 Å². The first-order valence-corrected chi connectivity index (χ1v) is 8.97. The predicted octanol–water partition coefficient (Wildman–Crippen LogP) is 4.04. The molecule has 4 unspecified atom stereocenters. The molecule has 1 saturated carbocycles. The van der Waals surface area contributed by atoms with Gasteiger partial charge in [0.05, 0.1) is 25.9 Å². The second-order valence-electron chi connectivity index (χ2n) is 7.35. The van der Waals surface area contributed by atoms with Gasteiger partial charge in [-0.1, -0.05) is 57.5 Å². The van der Waals surface area contributed by atoms with Crippen molar-refractivity contribution in [3.05, 3.63) is 35.9 Å². The van der Waals surface area contributed by atoms with Crippen LogP contribution in [0.4, 0.5) is 0 Å². The minimum absolute atomic E-state index is 0.280. The molecule has 0 spiro atoms. The Hall–Kier alpha value is -0.900. The first-order valence-electron chi connectivity index (χ1n) is 8.97. The Labute approximate surface area is 141 Å². The van der Waals surface area contributed by atoms with Gasteiger partial charge in [-0.25, -0.2) is 0 Å². The Morgan fingerprint density at radius 1 is 1.13 bits per heavy atom. The molecule has 0 saturated heterocycles. The number of ether oxygens (including phenoxy) is 2. The van der Waals surface area contributed by atoms with Gasteiger partial charge in [0.15, 0.2) is 0 Å². The molecule has 0 heterocycles. The van der Waals surface area contributed by atoms with Crippen molar-refractivity contribution >= 4 is 0 Å². The Balaban J connectivity index is 1.69. The first kappa shape index (κ1) is 18.4. The molecule has 3 nitrogen and oxygen atoms in total. The van der Waals surface area contributed by atoms with Crippen molar-refractivity contribution in [2.24, 2.45) is 17.8 Å². The van der Waals surface area contributed by atoms with Crippen molar-refractivity contribution in [1.29, 1.82) is 0 Å². The van der Waals surface area contributed by atoms with Gasteiger partial charge in [0, 0.05) is 0 Å². The van der Waals surface area contributed by atoms with Crippen molar-refractivity contribution in [2.75, 3.05) is 13.2 Å². The molecule has 2 rings (SSSR count). The van der Waals surface area contributed by atoms with Crippen molar-refractivity contribution in [1.82, 2.24) is 0 Å². The van der Waals surface area contributed by atoms with E-state index in [2.05, 4.69) is 20.8 Å². The summed E-state index contributed by atoms with van der Waals surface area (Å²) in [6.45, 7) is 8.07. The zero-order valence-corrected chi connectivity index (χ0v) is 14.8. The minimum atomic E-state index is -0.552. The summed E-state index contributed by atoms with van der Waals surface area (Å²) in [5.74, 6) is 1.98. The van der Waals surface area contributed by atoms with Gasteiger partial charge in [0.25, 0.3) is 0 Å². The average molecular weight is 320 g/mol. The molecule has 4 atom stereocenters. The molecule has 0 amide bonds. The first-order chi connectivity index (χ1) is 11.1. The van der Waals surface area contributed by atoms with E-state index in [0.29, 0.717) is 31.7 Å². The molecule has 1 N–H and O–H groups in total. The van der Waals surface area contributed by atoms with E-state index in [1.54, 1.807) is 0 Å². The molecule has 1 aromatic carbocycles. The third kappa shape index (κ3) is 6.25. The lowest BCUT2D eigenvalue weighted by molar-refractivity contribution is -0.0860. The van der Waals surface area contributed by atoms with Crippen LogP contribution < -0.4 is 0 Å². The van der Waals surface area contributed by atoms with E-state index in [1.165, 1.54) is 12.8 Å². The summed E-state index contributed by atoms with van der Waals surface area (Å²) in [7, 11) is 0. The van der Waals surface area contributed by atoms with Gasteiger partial charge < -0.3 is 14.6 Å². The van der Waals surface area contributed by atoms with Crippen molar-refractivity contribution < 1.29 is 14.6 Å². The van der Waals surface area contributed by atoms with Crippen LogP contribution in [-0.4, -0.2) is 30.5 Å². The van der Waals surface area contributed by atoms with Gasteiger partial charge in [-0.05, 0) is 36.2 Å². The number of hydrogen-bond acceptors (Lipinski definition) is 3. The van der Waals surface area contributed by atoms with Gasteiger partial charge in [-0.3, -0.25) is 0 Å². The van der Waals surface area contributed by atoms with Gasteiger partial charge in [0.2, 0.25) is 0 Å². The van der Waals surface area contributed by atoms with Gasteiger partial charge in [0.1, 0.15) is 6.10 Å². The molecule has 0 radical (unpaired) electrons. The fourth-order valence-corrected chi connectivity index (χ4v) is 3.48. The average Bonchev–Trinajstić information content (AvgIpc) is 2.53. The molecular formula is C20H32O3. The van der Waals surface area contributed by atoms with Crippen LogP contribution in [0.15, 0.2) is 30.3 Å². The van der Waals surface area contributed by atoms with E-state index in [9.17, 15) is 5.11 Å². The molecular weight excluding hydrogens is 288 g/mol. The van der Waals surface area contributed by atoms with Crippen LogP contribution in [0.3, 0.4) is 0 Å². The second kappa shape index (κ2) is 9.41. The SMILES string of the molecule is CC1CCC(C(C)C)C(OCC(O)COCc2ccccc2)C1. The van der Waals surface area contributed by atoms with E-state index in [4.69, 9.17) is 9.47 Å². The Kier molecular flexibility index (Phi) is 7.54. The normalized spacial score (nSPS) is 26.4. The van der Waals surface area contributed by atoms with Crippen molar-refractivity contribution in [3.8, 4) is 0 Å². The Bertz CT molecular complexity index is 432. The zero-order chi connectivity index (χ0) is 16.7. The molecule has 23 heavy (non-hydrogen) atoms. The predicted molar refractivity (Wildman–Crippen MR) is 93.2 cm³/mol. The molecule has 1 fully saturated rings. The molecule has 1 aliphatic rings. The van der Waals surface area contributed by atoms with Crippen LogP contribution in [0, 0.1) is 17.8 Å². The van der Waals surface area contributed by atoms with Crippen LogP contribution >= 0.6 is 0 Å². The summed E-state index contributed by atoms with van der Waals surface area (Å²) in [5.41, 5.74) is 1.13. The van der Waals surface area contributed by atoms with Crippen LogP contribution in [-0.2, 0) is 16.1 Å². The van der Waals surface area contributed by atoms with Crippen LogP contribution in [0.1, 0.15) is 45.6 Å². The fraction of sp³-hybridized carbons (Fsp3) is 0.700. The number of hydrogen-bond donors (Lipinski definition) is 1. The molecule has 0 aromatic heterocycles. The van der Waals surface area contributed by atoms with Crippen molar-refractivity contribution in [2.45, 2.75) is 58.8 Å². The highest BCUT2D eigenvalue weighted by atomic mass is 16.5. The lowest BCUT2D eigenvalue weighted by Crippen LogP contribution is -2.36. The largest absolute Gasteiger partial charge is 0.388 e. The number of aliphatic hydroxyl groups excluding tert-OH is 1. The molecule has 1 aliphatic carbocycles. The fourth-order valence-electron chi connectivity index (χ4n) is 3.48. The molecule has 1 aromatic rings. The standard InChI is InChI=1S/C20H32O3/c1-15(2)19-10-9-16(3)11-20(19)23-14-18(21)13-22-12-17-7-5-4-6-8-17/h4-8,15-16,18-21H,9-14H2,1-3H3. The highest BCUT2D eigenvalue weighted by molar-refractivity contribution is 5.13. The van der Waals surface area contributed by atoms with E-state index in [1.807, 2.05) is 30.3 Å². The summed E-state index contributed by atoms with van der Waals surface area (Å²) in [5, 5.41) is 10.1. The molecule has 0 bridgehead atoms. The Morgan fingerprint density at radius 3 is 2.57 bits per heavy atom. The molecule has 3 heteroatoms.